The Morgan fingerprint density at radius 2 is 2.15 bits per heavy atom. The van der Waals surface area contributed by atoms with Crippen molar-refractivity contribution in [2.45, 2.75) is 26.1 Å². The van der Waals surface area contributed by atoms with E-state index in [2.05, 4.69) is 34.4 Å². The van der Waals surface area contributed by atoms with Gasteiger partial charge in [0.1, 0.15) is 5.69 Å². The van der Waals surface area contributed by atoms with Crippen LogP contribution in [0.5, 0.6) is 0 Å². The number of carbonyl (C=O) groups excluding carboxylic acids is 1. The van der Waals surface area contributed by atoms with Crippen LogP contribution in [0, 0.1) is 6.92 Å². The number of amides is 1. The topological polar surface area (TPSA) is 95.8 Å². The molecule has 104 valence electrons. The Labute approximate surface area is 116 Å². The maximum absolute atomic E-state index is 12.1. The minimum absolute atomic E-state index is 0.266. The fourth-order valence-corrected chi connectivity index (χ4v) is 2.46. The van der Waals surface area contributed by atoms with Gasteiger partial charge in [-0.05, 0) is 30.5 Å². The van der Waals surface area contributed by atoms with Crippen LogP contribution >= 0.6 is 0 Å². The number of fused-ring (bicyclic) bond motifs is 1. The summed E-state index contributed by atoms with van der Waals surface area (Å²) in [6.45, 7) is 4.15. The number of aromatic amines is 1. The van der Waals surface area contributed by atoms with Crippen molar-refractivity contribution in [2.24, 2.45) is 5.73 Å². The quantitative estimate of drug-likeness (QED) is 0.660. The van der Waals surface area contributed by atoms with Crippen LogP contribution in [0.1, 0.15) is 34.1 Å². The second kappa shape index (κ2) is 4.35. The third-order valence-electron chi connectivity index (χ3n) is 3.68. The molecule has 6 nitrogen and oxygen atoms in total. The zero-order valence-corrected chi connectivity index (χ0v) is 11.4. The molecule has 1 amide bonds. The monoisotopic (exact) mass is 271 g/mol. The molecule has 1 aromatic carbocycles. The van der Waals surface area contributed by atoms with E-state index in [4.69, 9.17) is 5.73 Å². The van der Waals surface area contributed by atoms with Crippen molar-refractivity contribution < 1.29 is 4.79 Å². The zero-order chi connectivity index (χ0) is 14.3. The smallest absolute Gasteiger partial charge is 0.274 e. The Balaban J connectivity index is 2.04. The maximum atomic E-state index is 12.1. The summed E-state index contributed by atoms with van der Waals surface area (Å²) in [6, 6.07) is 5.94. The van der Waals surface area contributed by atoms with Gasteiger partial charge in [0.25, 0.3) is 5.91 Å². The highest BCUT2D eigenvalue weighted by Gasteiger charge is 2.37. The summed E-state index contributed by atoms with van der Waals surface area (Å²) in [4.78, 5) is 18.9. The van der Waals surface area contributed by atoms with Crippen LogP contribution in [0.2, 0.25) is 0 Å². The van der Waals surface area contributed by atoms with Gasteiger partial charge >= 0.3 is 0 Å². The van der Waals surface area contributed by atoms with Crippen molar-refractivity contribution in [3.8, 4) is 0 Å². The number of hydrogen-bond donors (Lipinski definition) is 4. The van der Waals surface area contributed by atoms with Gasteiger partial charge in [-0.3, -0.25) is 10.5 Å². The molecular weight excluding hydrogens is 254 g/mol. The molecule has 0 spiro atoms. The van der Waals surface area contributed by atoms with Gasteiger partial charge < -0.3 is 15.6 Å². The van der Waals surface area contributed by atoms with Crippen molar-refractivity contribution in [3.05, 3.63) is 46.9 Å². The fourth-order valence-electron chi connectivity index (χ4n) is 2.46. The number of nitrogens with one attached hydrogen (secondary N) is 3. The normalized spacial score (nSPS) is 21.1. The molecule has 2 aromatic rings. The number of nitrogens with zero attached hydrogens (tertiary/aromatic N) is 1. The molecule has 1 aromatic heterocycles. The van der Waals surface area contributed by atoms with Crippen LogP contribution in [0.3, 0.4) is 0 Å². The minimum Gasteiger partial charge on any atom is -0.339 e. The summed E-state index contributed by atoms with van der Waals surface area (Å²) in [5.41, 5.74) is 9.94. The van der Waals surface area contributed by atoms with Gasteiger partial charge in [-0.15, -0.1) is 0 Å². The number of hydrogen-bond acceptors (Lipinski definition) is 4. The first-order valence-electron chi connectivity index (χ1n) is 6.56. The van der Waals surface area contributed by atoms with Crippen LogP contribution < -0.4 is 16.4 Å². The molecule has 0 saturated heterocycles. The molecule has 1 aliphatic rings. The second-order valence-electron chi connectivity index (χ2n) is 5.01. The Morgan fingerprint density at radius 3 is 2.90 bits per heavy atom. The largest absolute Gasteiger partial charge is 0.339 e. The summed E-state index contributed by atoms with van der Waals surface area (Å²) in [5, 5.41) is 5.85. The molecule has 1 aliphatic heterocycles. The highest BCUT2D eigenvalue weighted by atomic mass is 16.2. The average molecular weight is 271 g/mol. The first kappa shape index (κ1) is 12.7. The fraction of sp³-hybridized carbons (Fsp3) is 0.286. The molecule has 0 fully saturated rings. The number of H-pyrrole nitrogens is 1. The maximum Gasteiger partial charge on any atom is 0.274 e. The lowest BCUT2D eigenvalue weighted by molar-refractivity contribution is 0.0896. The van der Waals surface area contributed by atoms with Crippen LogP contribution in [0.25, 0.3) is 0 Å². The molecule has 1 atom stereocenters. The van der Waals surface area contributed by atoms with Crippen molar-refractivity contribution in [3.63, 3.8) is 0 Å². The van der Waals surface area contributed by atoms with Crippen LogP contribution in [-0.2, 0) is 12.2 Å². The van der Waals surface area contributed by atoms with E-state index >= 15 is 0 Å². The highest BCUT2D eigenvalue weighted by molar-refractivity contribution is 5.99. The predicted molar refractivity (Wildman–Crippen MR) is 76.1 cm³/mol. The molecule has 6 heteroatoms. The standard InChI is InChI=1S/C14H17N5O/c1-3-9-6-10(5-4-8(9)2)14(15)18-12-11(13(20)19-14)16-7-17-12/h4-7,18H,3,15H2,1-2H3,(H,16,17)(H,19,20). The van der Waals surface area contributed by atoms with E-state index in [0.29, 0.717) is 11.5 Å². The molecule has 5 N–H and O–H groups in total. The number of benzene rings is 1. The second-order valence-corrected chi connectivity index (χ2v) is 5.01. The van der Waals surface area contributed by atoms with E-state index in [-0.39, 0.29) is 5.91 Å². The Bertz CT molecular complexity index is 678. The van der Waals surface area contributed by atoms with E-state index in [1.165, 1.54) is 17.5 Å². The van der Waals surface area contributed by atoms with Gasteiger partial charge in [0.2, 0.25) is 0 Å². The van der Waals surface area contributed by atoms with E-state index in [0.717, 1.165) is 12.0 Å². The molecule has 0 bridgehead atoms. The highest BCUT2D eigenvalue weighted by Crippen LogP contribution is 2.26. The van der Waals surface area contributed by atoms with Crippen LogP contribution in [-0.4, -0.2) is 15.9 Å². The van der Waals surface area contributed by atoms with Crippen molar-refractivity contribution in [1.82, 2.24) is 15.3 Å². The number of anilines is 1. The first-order valence-corrected chi connectivity index (χ1v) is 6.56. The van der Waals surface area contributed by atoms with Crippen LogP contribution in [0.4, 0.5) is 5.82 Å². The predicted octanol–water partition coefficient (Wildman–Crippen LogP) is 1.21. The molecule has 1 unspecified atom stereocenters. The Hall–Kier alpha value is -2.34. The molecule has 20 heavy (non-hydrogen) atoms. The van der Waals surface area contributed by atoms with Gasteiger partial charge in [-0.1, -0.05) is 19.1 Å². The van der Waals surface area contributed by atoms with Gasteiger partial charge in [-0.25, -0.2) is 4.98 Å². The SMILES string of the molecule is CCc1cc(C2(N)NC(=O)c3[nH]cnc3N2)ccc1C. The average Bonchev–Trinajstić information content (AvgIpc) is 2.87. The van der Waals surface area contributed by atoms with E-state index in [9.17, 15) is 4.79 Å². The third-order valence-corrected chi connectivity index (χ3v) is 3.68. The Morgan fingerprint density at radius 1 is 1.35 bits per heavy atom. The lowest BCUT2D eigenvalue weighted by Crippen LogP contribution is -2.61. The van der Waals surface area contributed by atoms with E-state index < -0.39 is 5.79 Å². The summed E-state index contributed by atoms with van der Waals surface area (Å²) in [7, 11) is 0. The molecule has 0 radical (unpaired) electrons. The third kappa shape index (κ3) is 1.85. The number of carbonyl (C=O) groups is 1. The van der Waals surface area contributed by atoms with Gasteiger partial charge in [0, 0.05) is 5.56 Å². The summed E-state index contributed by atoms with van der Waals surface area (Å²) in [6.07, 6.45) is 2.38. The molecule has 2 heterocycles. The lowest BCUT2D eigenvalue weighted by atomic mass is 9.98. The van der Waals surface area contributed by atoms with E-state index in [1.807, 2.05) is 18.2 Å². The summed E-state index contributed by atoms with van der Waals surface area (Å²) in [5.74, 6) is -0.941. The van der Waals surface area contributed by atoms with Gasteiger partial charge in [0.05, 0.1) is 6.33 Å². The number of aryl methyl sites for hydroxylation is 2. The molecule has 3 rings (SSSR count). The zero-order valence-electron chi connectivity index (χ0n) is 11.4. The molecular formula is C14H17N5O. The van der Waals surface area contributed by atoms with E-state index in [1.54, 1.807) is 0 Å². The number of rotatable bonds is 2. The number of aromatic nitrogens is 2. The number of imidazole rings is 1. The van der Waals surface area contributed by atoms with Crippen LogP contribution in [0.15, 0.2) is 24.5 Å². The summed E-state index contributed by atoms with van der Waals surface area (Å²) >= 11 is 0. The first-order chi connectivity index (χ1) is 9.53. The lowest BCUT2D eigenvalue weighted by Gasteiger charge is -2.35. The van der Waals surface area contributed by atoms with Gasteiger partial charge in [0.15, 0.2) is 11.6 Å². The van der Waals surface area contributed by atoms with Crippen molar-refractivity contribution in [1.29, 1.82) is 0 Å². The molecule has 0 saturated carbocycles. The molecule has 0 aliphatic carbocycles. The summed E-state index contributed by atoms with van der Waals surface area (Å²) < 4.78 is 0. The van der Waals surface area contributed by atoms with Gasteiger partial charge in [-0.2, -0.15) is 0 Å². The van der Waals surface area contributed by atoms with Crippen molar-refractivity contribution in [2.75, 3.05) is 5.32 Å². The minimum atomic E-state index is -1.14. The number of nitrogens with two attached hydrogens (primary N) is 1. The van der Waals surface area contributed by atoms with Crippen molar-refractivity contribution >= 4 is 11.7 Å². The Kier molecular flexibility index (Phi) is 2.76.